The Hall–Kier alpha value is -4.17. The van der Waals surface area contributed by atoms with Crippen LogP contribution in [0.3, 0.4) is 0 Å². The van der Waals surface area contributed by atoms with Gasteiger partial charge in [-0.1, -0.05) is 42.0 Å². The molecule has 0 aliphatic rings. The van der Waals surface area contributed by atoms with Gasteiger partial charge in [0.15, 0.2) is 0 Å². The molecule has 3 aromatic rings. The van der Waals surface area contributed by atoms with E-state index in [4.69, 9.17) is 5.11 Å². The zero-order valence-corrected chi connectivity index (χ0v) is 21.0. The summed E-state index contributed by atoms with van der Waals surface area (Å²) < 4.78 is 0. The summed E-state index contributed by atoms with van der Waals surface area (Å²) in [5, 5.41) is 20.1. The van der Waals surface area contributed by atoms with Crippen LogP contribution < -0.4 is 21.3 Å². The number of anilines is 1. The van der Waals surface area contributed by atoms with Gasteiger partial charge in [0.25, 0.3) is 11.8 Å². The Bertz CT molecular complexity index is 1160. The quantitative estimate of drug-likeness (QED) is 0.239. The van der Waals surface area contributed by atoms with Gasteiger partial charge in [-0.25, -0.2) is 4.79 Å². The van der Waals surface area contributed by atoms with E-state index in [-0.39, 0.29) is 24.5 Å². The van der Waals surface area contributed by atoms with Crippen molar-refractivity contribution in [3.05, 3.63) is 101 Å². The highest BCUT2D eigenvalue weighted by Crippen LogP contribution is 2.11. The number of aryl methyl sites for hydroxylation is 1. The van der Waals surface area contributed by atoms with Gasteiger partial charge in [0.2, 0.25) is 0 Å². The SMILES string of the molecule is Cc1ccc(CNC(=O)c2ccc(C(=O)NCc3ccc(NC(=O)NCCCCCO)cc3)cc2)cc1. The summed E-state index contributed by atoms with van der Waals surface area (Å²) in [6.07, 6.45) is 2.42. The highest BCUT2D eigenvalue weighted by atomic mass is 16.3. The molecule has 3 aromatic carbocycles. The van der Waals surface area contributed by atoms with Crippen molar-refractivity contribution in [1.82, 2.24) is 16.0 Å². The van der Waals surface area contributed by atoms with E-state index in [2.05, 4.69) is 21.3 Å². The third-order valence-corrected chi connectivity index (χ3v) is 5.77. The molecule has 0 saturated carbocycles. The minimum Gasteiger partial charge on any atom is -0.396 e. The first-order chi connectivity index (χ1) is 17.9. The minimum absolute atomic E-state index is 0.166. The molecule has 0 spiro atoms. The Morgan fingerprint density at radius 1 is 0.649 bits per heavy atom. The van der Waals surface area contributed by atoms with Crippen LogP contribution in [-0.2, 0) is 13.1 Å². The predicted molar refractivity (Wildman–Crippen MR) is 144 cm³/mol. The summed E-state index contributed by atoms with van der Waals surface area (Å²) in [6.45, 7) is 3.50. The van der Waals surface area contributed by atoms with Crippen molar-refractivity contribution in [1.29, 1.82) is 0 Å². The molecule has 0 aliphatic carbocycles. The van der Waals surface area contributed by atoms with E-state index in [0.717, 1.165) is 30.4 Å². The maximum Gasteiger partial charge on any atom is 0.319 e. The van der Waals surface area contributed by atoms with Crippen LogP contribution in [0.1, 0.15) is 56.7 Å². The summed E-state index contributed by atoms with van der Waals surface area (Å²) in [5.74, 6) is -0.439. The molecule has 0 aliphatic heterocycles. The van der Waals surface area contributed by atoms with E-state index in [1.807, 2.05) is 43.3 Å². The van der Waals surface area contributed by atoms with Crippen molar-refractivity contribution in [2.24, 2.45) is 0 Å². The second-order valence-electron chi connectivity index (χ2n) is 8.79. The first-order valence-electron chi connectivity index (χ1n) is 12.4. The Balaban J connectivity index is 1.40. The van der Waals surface area contributed by atoms with Crippen LogP contribution in [0.4, 0.5) is 10.5 Å². The van der Waals surface area contributed by atoms with E-state index >= 15 is 0 Å². The van der Waals surface area contributed by atoms with Gasteiger partial charge in [0, 0.05) is 43.1 Å². The Labute approximate surface area is 217 Å². The lowest BCUT2D eigenvalue weighted by molar-refractivity contribution is 0.0939. The number of carbonyl (C=O) groups excluding carboxylic acids is 3. The fraction of sp³-hybridized carbons (Fsp3) is 0.276. The van der Waals surface area contributed by atoms with Crippen LogP contribution in [0.25, 0.3) is 0 Å². The van der Waals surface area contributed by atoms with Gasteiger partial charge in [0.05, 0.1) is 0 Å². The molecule has 5 N–H and O–H groups in total. The summed E-state index contributed by atoms with van der Waals surface area (Å²) >= 11 is 0. The standard InChI is InChI=1S/C29H34N4O4/c1-21-5-7-22(8-6-21)19-31-27(35)24-11-13-25(14-12-24)28(36)32-20-23-9-15-26(16-10-23)33-29(37)30-17-3-2-4-18-34/h5-16,34H,2-4,17-20H2,1H3,(H,31,35)(H,32,36)(H2,30,33,37). The number of aliphatic hydroxyl groups excluding tert-OH is 1. The fourth-order valence-corrected chi connectivity index (χ4v) is 3.54. The molecule has 0 unspecified atom stereocenters. The zero-order chi connectivity index (χ0) is 26.5. The summed E-state index contributed by atoms with van der Waals surface area (Å²) in [7, 11) is 0. The molecule has 3 rings (SSSR count). The van der Waals surface area contributed by atoms with Gasteiger partial charge in [-0.05, 0) is 73.7 Å². The first kappa shape index (κ1) is 27.4. The first-order valence-corrected chi connectivity index (χ1v) is 12.4. The number of hydrogen-bond donors (Lipinski definition) is 5. The van der Waals surface area contributed by atoms with E-state index in [0.29, 0.717) is 36.4 Å². The van der Waals surface area contributed by atoms with E-state index < -0.39 is 0 Å². The smallest absolute Gasteiger partial charge is 0.319 e. The van der Waals surface area contributed by atoms with Crippen molar-refractivity contribution in [3.63, 3.8) is 0 Å². The topological polar surface area (TPSA) is 120 Å². The molecule has 4 amide bonds. The van der Waals surface area contributed by atoms with Gasteiger partial charge in [-0.2, -0.15) is 0 Å². The van der Waals surface area contributed by atoms with E-state index in [9.17, 15) is 14.4 Å². The van der Waals surface area contributed by atoms with Gasteiger partial charge in [0.1, 0.15) is 0 Å². The number of hydrogen-bond acceptors (Lipinski definition) is 4. The Morgan fingerprint density at radius 2 is 1.16 bits per heavy atom. The Kier molecular flexibility index (Phi) is 10.7. The van der Waals surface area contributed by atoms with Crippen molar-refractivity contribution >= 4 is 23.5 Å². The lowest BCUT2D eigenvalue weighted by atomic mass is 10.1. The summed E-state index contributed by atoms with van der Waals surface area (Å²) in [5.41, 5.74) is 4.67. The van der Waals surface area contributed by atoms with Gasteiger partial charge < -0.3 is 26.4 Å². The number of benzene rings is 3. The van der Waals surface area contributed by atoms with Crippen LogP contribution in [0.5, 0.6) is 0 Å². The number of amides is 4. The lowest BCUT2D eigenvalue weighted by Gasteiger charge is -2.10. The van der Waals surface area contributed by atoms with Crippen LogP contribution in [-0.4, -0.2) is 36.1 Å². The van der Waals surface area contributed by atoms with Gasteiger partial charge in [-0.15, -0.1) is 0 Å². The Morgan fingerprint density at radius 3 is 1.68 bits per heavy atom. The van der Waals surface area contributed by atoms with Gasteiger partial charge >= 0.3 is 6.03 Å². The minimum atomic E-state index is -0.280. The number of carbonyl (C=O) groups is 3. The number of rotatable bonds is 12. The fourth-order valence-electron chi connectivity index (χ4n) is 3.54. The van der Waals surface area contributed by atoms with Crippen molar-refractivity contribution in [2.45, 2.75) is 39.3 Å². The highest BCUT2D eigenvalue weighted by molar-refractivity contribution is 5.97. The van der Waals surface area contributed by atoms with Crippen molar-refractivity contribution < 1.29 is 19.5 Å². The summed E-state index contributed by atoms with van der Waals surface area (Å²) in [6, 6.07) is 21.4. The molecule has 0 radical (unpaired) electrons. The maximum atomic E-state index is 12.5. The largest absolute Gasteiger partial charge is 0.396 e. The molecule has 0 heterocycles. The molecule has 0 bridgehead atoms. The lowest BCUT2D eigenvalue weighted by Crippen LogP contribution is -2.29. The van der Waals surface area contributed by atoms with Crippen molar-refractivity contribution in [3.8, 4) is 0 Å². The van der Waals surface area contributed by atoms with Crippen molar-refractivity contribution in [2.75, 3.05) is 18.5 Å². The molecule has 8 nitrogen and oxygen atoms in total. The number of urea groups is 1. The second-order valence-corrected chi connectivity index (χ2v) is 8.79. The third kappa shape index (κ3) is 9.42. The molecular formula is C29H34N4O4. The number of unbranched alkanes of at least 4 members (excludes halogenated alkanes) is 2. The van der Waals surface area contributed by atoms with Crippen LogP contribution in [0.2, 0.25) is 0 Å². The molecule has 37 heavy (non-hydrogen) atoms. The molecule has 0 atom stereocenters. The van der Waals surface area contributed by atoms with E-state index in [1.165, 1.54) is 5.56 Å². The van der Waals surface area contributed by atoms with E-state index in [1.54, 1.807) is 36.4 Å². The molecular weight excluding hydrogens is 468 g/mol. The average Bonchev–Trinajstić information content (AvgIpc) is 2.92. The molecule has 0 aromatic heterocycles. The van der Waals surface area contributed by atoms with Crippen LogP contribution >= 0.6 is 0 Å². The number of nitrogens with one attached hydrogen (secondary N) is 4. The average molecular weight is 503 g/mol. The molecule has 0 saturated heterocycles. The highest BCUT2D eigenvalue weighted by Gasteiger charge is 2.09. The van der Waals surface area contributed by atoms with Gasteiger partial charge in [-0.3, -0.25) is 9.59 Å². The molecule has 8 heteroatoms. The second kappa shape index (κ2) is 14.4. The molecule has 194 valence electrons. The third-order valence-electron chi connectivity index (χ3n) is 5.77. The summed E-state index contributed by atoms with van der Waals surface area (Å²) in [4.78, 5) is 36.9. The normalized spacial score (nSPS) is 10.4. The number of aliphatic hydroxyl groups is 1. The molecule has 0 fully saturated rings. The maximum absolute atomic E-state index is 12.5. The van der Waals surface area contributed by atoms with Crippen LogP contribution in [0, 0.1) is 6.92 Å². The zero-order valence-electron chi connectivity index (χ0n) is 21.0. The monoisotopic (exact) mass is 502 g/mol. The van der Waals surface area contributed by atoms with Crippen LogP contribution in [0.15, 0.2) is 72.8 Å². The predicted octanol–water partition coefficient (Wildman–Crippen LogP) is 4.14.